The lowest BCUT2D eigenvalue weighted by molar-refractivity contribution is -0.0510. The highest BCUT2D eigenvalue weighted by atomic mass is 32.2. The van der Waals surface area contributed by atoms with E-state index in [1.165, 1.54) is 38.5 Å². The van der Waals surface area contributed by atoms with Crippen molar-refractivity contribution < 1.29 is 8.42 Å². The molecule has 0 aromatic heterocycles. The zero-order chi connectivity index (χ0) is 15.1. The van der Waals surface area contributed by atoms with Crippen molar-refractivity contribution in [1.82, 2.24) is 10.0 Å². The SMILES string of the molecule is CC(C)NS(=O)(=O)CCNCC12CC3CC(CC(C3)C1)C2. The van der Waals surface area contributed by atoms with Crippen LogP contribution in [0.5, 0.6) is 0 Å². The highest BCUT2D eigenvalue weighted by molar-refractivity contribution is 7.89. The first-order valence-electron chi connectivity index (χ1n) is 8.57. The van der Waals surface area contributed by atoms with E-state index in [1.807, 2.05) is 13.8 Å². The molecule has 4 aliphatic rings. The first-order chi connectivity index (χ1) is 9.86. The maximum absolute atomic E-state index is 11.8. The first kappa shape index (κ1) is 15.8. The summed E-state index contributed by atoms with van der Waals surface area (Å²) in [5.41, 5.74) is 0.490. The van der Waals surface area contributed by atoms with Crippen molar-refractivity contribution in [2.24, 2.45) is 23.2 Å². The molecule has 4 bridgehead atoms. The molecule has 2 N–H and O–H groups in total. The molecule has 4 rings (SSSR count). The van der Waals surface area contributed by atoms with Gasteiger partial charge >= 0.3 is 0 Å². The fourth-order valence-corrected chi connectivity index (χ4v) is 6.73. The van der Waals surface area contributed by atoms with Gasteiger partial charge in [0.2, 0.25) is 10.0 Å². The molecule has 0 saturated heterocycles. The molecular weight excluding hydrogens is 284 g/mol. The Labute approximate surface area is 129 Å². The van der Waals surface area contributed by atoms with E-state index in [-0.39, 0.29) is 11.8 Å². The van der Waals surface area contributed by atoms with Crippen molar-refractivity contribution in [1.29, 1.82) is 0 Å². The minimum absolute atomic E-state index is 0.0156. The molecule has 0 unspecified atom stereocenters. The van der Waals surface area contributed by atoms with Gasteiger partial charge in [0, 0.05) is 19.1 Å². The van der Waals surface area contributed by atoms with E-state index in [0.717, 1.165) is 24.3 Å². The van der Waals surface area contributed by atoms with Gasteiger partial charge in [0.1, 0.15) is 0 Å². The summed E-state index contributed by atoms with van der Waals surface area (Å²) in [5.74, 6) is 3.08. The first-order valence-corrected chi connectivity index (χ1v) is 10.2. The summed E-state index contributed by atoms with van der Waals surface area (Å²) >= 11 is 0. The fraction of sp³-hybridized carbons (Fsp3) is 1.00. The molecule has 0 heterocycles. The summed E-state index contributed by atoms with van der Waals surface area (Å²) < 4.78 is 26.3. The number of hydrogen-bond donors (Lipinski definition) is 2. The summed E-state index contributed by atoms with van der Waals surface area (Å²) in [6.07, 6.45) is 8.53. The number of sulfonamides is 1. The second-order valence-corrected chi connectivity index (χ2v) is 10.1. The molecule has 0 atom stereocenters. The predicted octanol–water partition coefficient (Wildman–Crippen LogP) is 2.12. The van der Waals surface area contributed by atoms with Crippen molar-refractivity contribution >= 4 is 10.0 Å². The fourth-order valence-electron chi connectivity index (χ4n) is 5.48. The average Bonchev–Trinajstić information content (AvgIpc) is 2.31. The lowest BCUT2D eigenvalue weighted by Crippen LogP contribution is -2.51. The van der Waals surface area contributed by atoms with E-state index in [0.29, 0.717) is 12.0 Å². The van der Waals surface area contributed by atoms with Crippen LogP contribution in [0.15, 0.2) is 0 Å². The summed E-state index contributed by atoms with van der Waals surface area (Å²) in [5, 5.41) is 3.45. The third kappa shape index (κ3) is 3.80. The van der Waals surface area contributed by atoms with Crippen molar-refractivity contribution in [3.05, 3.63) is 0 Å². The third-order valence-electron chi connectivity index (χ3n) is 5.63. The highest BCUT2D eigenvalue weighted by Crippen LogP contribution is 2.59. The van der Waals surface area contributed by atoms with E-state index in [9.17, 15) is 8.42 Å². The lowest BCUT2D eigenvalue weighted by atomic mass is 9.49. The minimum atomic E-state index is -3.12. The van der Waals surface area contributed by atoms with Crippen molar-refractivity contribution in [2.45, 2.75) is 58.4 Å². The Hall–Kier alpha value is -0.130. The molecule has 0 radical (unpaired) electrons. The predicted molar refractivity (Wildman–Crippen MR) is 85.5 cm³/mol. The van der Waals surface area contributed by atoms with E-state index in [2.05, 4.69) is 10.0 Å². The van der Waals surface area contributed by atoms with Gasteiger partial charge in [-0.2, -0.15) is 0 Å². The quantitative estimate of drug-likeness (QED) is 0.708. The van der Waals surface area contributed by atoms with Crippen LogP contribution < -0.4 is 10.0 Å². The summed E-state index contributed by atoms with van der Waals surface area (Å²) in [6, 6.07) is -0.0156. The number of rotatable bonds is 7. The average molecular weight is 314 g/mol. The maximum atomic E-state index is 11.8. The Bertz CT molecular complexity index is 437. The van der Waals surface area contributed by atoms with Crippen LogP contribution in [0, 0.1) is 23.2 Å². The van der Waals surface area contributed by atoms with Gasteiger partial charge in [-0.25, -0.2) is 13.1 Å². The summed E-state index contributed by atoms with van der Waals surface area (Å²) in [4.78, 5) is 0. The smallest absolute Gasteiger partial charge is 0.213 e. The van der Waals surface area contributed by atoms with Gasteiger partial charge in [-0.3, -0.25) is 0 Å². The maximum Gasteiger partial charge on any atom is 0.213 e. The van der Waals surface area contributed by atoms with Gasteiger partial charge in [0.05, 0.1) is 5.75 Å². The third-order valence-corrected chi connectivity index (χ3v) is 7.20. The molecule has 0 aromatic carbocycles. The number of hydrogen-bond acceptors (Lipinski definition) is 3. The van der Waals surface area contributed by atoms with Crippen LogP contribution in [0.1, 0.15) is 52.4 Å². The Morgan fingerprint density at radius 3 is 2.05 bits per heavy atom. The minimum Gasteiger partial charge on any atom is -0.315 e. The van der Waals surface area contributed by atoms with Gasteiger partial charge in [0.25, 0.3) is 0 Å². The molecule has 0 aliphatic heterocycles. The van der Waals surface area contributed by atoms with Gasteiger partial charge in [0.15, 0.2) is 0 Å². The summed E-state index contributed by atoms with van der Waals surface area (Å²) in [6.45, 7) is 5.32. The van der Waals surface area contributed by atoms with Gasteiger partial charge in [-0.1, -0.05) is 0 Å². The molecule has 122 valence electrons. The second kappa shape index (κ2) is 5.82. The van der Waals surface area contributed by atoms with Crippen LogP contribution in [0.3, 0.4) is 0 Å². The Kier molecular flexibility index (Phi) is 4.37. The normalized spacial score (nSPS) is 38.3. The van der Waals surface area contributed by atoms with E-state index in [1.54, 1.807) is 0 Å². The molecular formula is C16H30N2O2S. The van der Waals surface area contributed by atoms with Crippen molar-refractivity contribution in [2.75, 3.05) is 18.8 Å². The number of nitrogens with one attached hydrogen (secondary N) is 2. The topological polar surface area (TPSA) is 58.2 Å². The van der Waals surface area contributed by atoms with Crippen LogP contribution in [0.4, 0.5) is 0 Å². The van der Waals surface area contributed by atoms with Crippen LogP contribution in [0.2, 0.25) is 0 Å². The van der Waals surface area contributed by atoms with Crippen molar-refractivity contribution in [3.8, 4) is 0 Å². The van der Waals surface area contributed by atoms with E-state index >= 15 is 0 Å². The molecule has 0 spiro atoms. The molecule has 21 heavy (non-hydrogen) atoms. The molecule has 5 heteroatoms. The largest absolute Gasteiger partial charge is 0.315 e. The Balaban J connectivity index is 1.46. The molecule has 4 aliphatic carbocycles. The van der Waals surface area contributed by atoms with Crippen LogP contribution in [0.25, 0.3) is 0 Å². The van der Waals surface area contributed by atoms with Crippen LogP contribution in [-0.2, 0) is 10.0 Å². The van der Waals surface area contributed by atoms with Crippen molar-refractivity contribution in [3.63, 3.8) is 0 Å². The monoisotopic (exact) mass is 314 g/mol. The van der Waals surface area contributed by atoms with Crippen LogP contribution in [-0.4, -0.2) is 33.3 Å². The van der Waals surface area contributed by atoms with E-state index < -0.39 is 10.0 Å². The van der Waals surface area contributed by atoms with Crippen LogP contribution >= 0.6 is 0 Å². The second-order valence-electron chi connectivity index (χ2n) is 8.19. The van der Waals surface area contributed by atoms with Gasteiger partial charge < -0.3 is 5.32 Å². The Morgan fingerprint density at radius 1 is 1.05 bits per heavy atom. The summed E-state index contributed by atoms with van der Waals surface area (Å²) in [7, 11) is -3.12. The molecule has 0 amide bonds. The zero-order valence-corrected chi connectivity index (χ0v) is 14.2. The molecule has 0 aromatic rings. The standard InChI is InChI=1S/C16H30N2O2S/c1-12(2)18-21(19,20)4-3-17-11-16-8-13-5-14(9-16)7-15(6-13)10-16/h12-15,17-18H,3-11H2,1-2H3. The lowest BCUT2D eigenvalue weighted by Gasteiger charge is -2.57. The molecule has 4 fully saturated rings. The van der Waals surface area contributed by atoms with Gasteiger partial charge in [-0.05, 0) is 75.5 Å². The molecule has 4 saturated carbocycles. The Morgan fingerprint density at radius 2 is 1.57 bits per heavy atom. The molecule has 4 nitrogen and oxygen atoms in total. The van der Waals surface area contributed by atoms with E-state index in [4.69, 9.17) is 0 Å². The highest BCUT2D eigenvalue weighted by Gasteiger charge is 2.50. The van der Waals surface area contributed by atoms with Gasteiger partial charge in [-0.15, -0.1) is 0 Å². The zero-order valence-electron chi connectivity index (χ0n) is 13.4.